The number of esters is 1. The summed E-state index contributed by atoms with van der Waals surface area (Å²) >= 11 is 6.36. The molecule has 0 atom stereocenters. The third kappa shape index (κ3) is 4.45. The summed E-state index contributed by atoms with van der Waals surface area (Å²) in [5.41, 5.74) is 0.363. The molecule has 150 valence electrons. The van der Waals surface area contributed by atoms with Crippen LogP contribution in [0.25, 0.3) is 10.9 Å². The molecule has 0 spiro atoms. The Labute approximate surface area is 166 Å². The average molecular weight is 409 g/mol. The number of hydrogen-bond donors (Lipinski definition) is 2. The molecule has 1 aliphatic rings. The van der Waals surface area contributed by atoms with Gasteiger partial charge in [-0.1, -0.05) is 11.6 Å². The van der Waals surface area contributed by atoms with Crippen LogP contribution < -0.4 is 10.7 Å². The molecule has 0 amide bonds. The highest BCUT2D eigenvalue weighted by atomic mass is 35.5. The van der Waals surface area contributed by atoms with Gasteiger partial charge in [-0.2, -0.15) is 0 Å². The van der Waals surface area contributed by atoms with Crippen LogP contribution in [-0.4, -0.2) is 48.5 Å². The number of carboxylic acid groups (broad SMARTS) is 1. The van der Waals surface area contributed by atoms with Crippen molar-refractivity contribution in [1.29, 1.82) is 0 Å². The number of fused-ring (bicyclic) bond motifs is 1. The molecule has 0 unspecified atom stereocenters. The molecule has 8 nitrogen and oxygen atoms in total. The van der Waals surface area contributed by atoms with Gasteiger partial charge in [0.05, 0.1) is 43.0 Å². The minimum absolute atomic E-state index is 0.173. The number of benzene rings is 1. The number of ether oxygens (including phenoxy) is 2. The fourth-order valence-electron chi connectivity index (χ4n) is 2.93. The van der Waals surface area contributed by atoms with E-state index in [2.05, 4.69) is 10.1 Å². The number of carbonyl (C=O) groups is 2. The zero-order valence-corrected chi connectivity index (χ0v) is 16.1. The van der Waals surface area contributed by atoms with Gasteiger partial charge in [-0.3, -0.25) is 9.59 Å². The quantitative estimate of drug-likeness (QED) is 0.485. The van der Waals surface area contributed by atoms with Crippen LogP contribution in [0.3, 0.4) is 0 Å². The lowest BCUT2D eigenvalue weighted by Gasteiger charge is -2.15. The SMILES string of the molecule is COC(=O)CCOCCNc1cc2c(=O)c(C(=O)O)cn(C3CC3)c2cc1Cl. The molecule has 2 aromatic rings. The van der Waals surface area contributed by atoms with Gasteiger partial charge in [0, 0.05) is 24.2 Å². The highest BCUT2D eigenvalue weighted by Crippen LogP contribution is 2.38. The highest BCUT2D eigenvalue weighted by molar-refractivity contribution is 6.34. The van der Waals surface area contributed by atoms with E-state index in [1.807, 2.05) is 4.57 Å². The van der Waals surface area contributed by atoms with E-state index in [1.165, 1.54) is 13.3 Å². The Kier molecular flexibility index (Phi) is 6.21. The molecule has 1 fully saturated rings. The van der Waals surface area contributed by atoms with Crippen molar-refractivity contribution in [2.75, 3.05) is 32.2 Å². The van der Waals surface area contributed by atoms with Crippen LogP contribution in [-0.2, 0) is 14.3 Å². The molecule has 3 rings (SSSR count). The maximum absolute atomic E-state index is 12.6. The van der Waals surface area contributed by atoms with Crippen LogP contribution in [0.4, 0.5) is 5.69 Å². The first kappa shape index (κ1) is 20.2. The summed E-state index contributed by atoms with van der Waals surface area (Å²) in [5, 5.41) is 13.2. The summed E-state index contributed by atoms with van der Waals surface area (Å²) in [7, 11) is 1.32. The number of aromatic nitrogens is 1. The van der Waals surface area contributed by atoms with E-state index < -0.39 is 11.4 Å². The number of hydrogen-bond acceptors (Lipinski definition) is 6. The zero-order chi connectivity index (χ0) is 20.3. The predicted octanol–water partition coefficient (Wildman–Crippen LogP) is 2.68. The first-order valence-corrected chi connectivity index (χ1v) is 9.30. The van der Waals surface area contributed by atoms with Gasteiger partial charge in [-0.15, -0.1) is 0 Å². The third-order valence-electron chi connectivity index (χ3n) is 4.53. The molecule has 1 aliphatic carbocycles. The summed E-state index contributed by atoms with van der Waals surface area (Å²) in [6.07, 6.45) is 3.46. The van der Waals surface area contributed by atoms with Crippen molar-refractivity contribution in [1.82, 2.24) is 4.57 Å². The maximum Gasteiger partial charge on any atom is 0.341 e. The summed E-state index contributed by atoms with van der Waals surface area (Å²) in [6, 6.07) is 3.46. The fourth-order valence-corrected chi connectivity index (χ4v) is 3.16. The summed E-state index contributed by atoms with van der Waals surface area (Å²) in [5.74, 6) is -1.59. The van der Waals surface area contributed by atoms with E-state index in [0.717, 1.165) is 12.8 Å². The van der Waals surface area contributed by atoms with Gasteiger partial charge < -0.3 is 24.5 Å². The predicted molar refractivity (Wildman–Crippen MR) is 104 cm³/mol. The highest BCUT2D eigenvalue weighted by Gasteiger charge is 2.27. The second-order valence-electron chi connectivity index (χ2n) is 6.53. The number of nitrogens with zero attached hydrogens (tertiary/aromatic N) is 1. The van der Waals surface area contributed by atoms with Crippen LogP contribution in [0, 0.1) is 0 Å². The topological polar surface area (TPSA) is 107 Å². The van der Waals surface area contributed by atoms with Gasteiger partial charge >= 0.3 is 11.9 Å². The first-order chi connectivity index (χ1) is 13.4. The Morgan fingerprint density at radius 3 is 2.71 bits per heavy atom. The average Bonchev–Trinajstić information content (AvgIpc) is 3.50. The molecule has 1 heterocycles. The summed E-state index contributed by atoms with van der Waals surface area (Å²) < 4.78 is 11.7. The maximum atomic E-state index is 12.6. The van der Waals surface area contributed by atoms with Crippen molar-refractivity contribution in [3.05, 3.63) is 39.1 Å². The standard InChI is InChI=1S/C19H21ClN2O6/c1-27-17(23)4-6-28-7-5-21-15-8-12-16(9-14(15)20)22(11-2-3-11)10-13(18(12)24)19(25)26/h8-11,21H,2-7H2,1H3,(H,25,26). The zero-order valence-electron chi connectivity index (χ0n) is 15.4. The van der Waals surface area contributed by atoms with Gasteiger partial charge in [0.25, 0.3) is 0 Å². The molecule has 0 aliphatic heterocycles. The number of rotatable bonds is 9. The number of pyridine rings is 1. The van der Waals surface area contributed by atoms with Gasteiger partial charge in [0.1, 0.15) is 5.56 Å². The Bertz CT molecular complexity index is 967. The normalized spacial score (nSPS) is 13.5. The van der Waals surface area contributed by atoms with Crippen LogP contribution in [0.1, 0.15) is 35.7 Å². The smallest absolute Gasteiger partial charge is 0.341 e. The van der Waals surface area contributed by atoms with E-state index >= 15 is 0 Å². The lowest BCUT2D eigenvalue weighted by Crippen LogP contribution is -2.19. The molecule has 0 radical (unpaired) electrons. The first-order valence-electron chi connectivity index (χ1n) is 8.92. The minimum Gasteiger partial charge on any atom is -0.477 e. The lowest BCUT2D eigenvalue weighted by atomic mass is 10.1. The van der Waals surface area contributed by atoms with Gasteiger partial charge in [0.2, 0.25) is 5.43 Å². The van der Waals surface area contributed by atoms with Crippen molar-refractivity contribution in [2.24, 2.45) is 0 Å². The molecule has 0 saturated heterocycles. The van der Waals surface area contributed by atoms with E-state index in [1.54, 1.807) is 12.1 Å². The van der Waals surface area contributed by atoms with Crippen LogP contribution in [0.15, 0.2) is 23.1 Å². The Balaban J connectivity index is 1.78. The van der Waals surface area contributed by atoms with Crippen LogP contribution in [0.2, 0.25) is 5.02 Å². The van der Waals surface area contributed by atoms with Gasteiger partial charge in [0.15, 0.2) is 0 Å². The van der Waals surface area contributed by atoms with E-state index in [9.17, 15) is 19.5 Å². The molecular formula is C19H21ClN2O6. The Morgan fingerprint density at radius 1 is 1.32 bits per heavy atom. The van der Waals surface area contributed by atoms with Crippen molar-refractivity contribution in [2.45, 2.75) is 25.3 Å². The van der Waals surface area contributed by atoms with Gasteiger partial charge in [-0.05, 0) is 25.0 Å². The Hall–Kier alpha value is -2.58. The summed E-state index contributed by atoms with van der Waals surface area (Å²) in [4.78, 5) is 35.1. The van der Waals surface area contributed by atoms with E-state index in [0.29, 0.717) is 34.8 Å². The molecule has 0 bridgehead atoms. The molecule has 2 N–H and O–H groups in total. The molecule has 1 aromatic carbocycles. The minimum atomic E-state index is -1.25. The van der Waals surface area contributed by atoms with Gasteiger partial charge in [-0.25, -0.2) is 4.79 Å². The van der Waals surface area contributed by atoms with Crippen molar-refractivity contribution in [3.8, 4) is 0 Å². The number of carboxylic acids is 1. The largest absolute Gasteiger partial charge is 0.477 e. The molecular weight excluding hydrogens is 388 g/mol. The van der Waals surface area contributed by atoms with Crippen molar-refractivity contribution >= 4 is 40.1 Å². The molecule has 9 heteroatoms. The van der Waals surface area contributed by atoms with Crippen LogP contribution in [0.5, 0.6) is 0 Å². The number of carbonyl (C=O) groups excluding carboxylic acids is 1. The Morgan fingerprint density at radius 2 is 2.07 bits per heavy atom. The third-order valence-corrected chi connectivity index (χ3v) is 4.84. The number of aromatic carboxylic acids is 1. The second-order valence-corrected chi connectivity index (χ2v) is 6.94. The van der Waals surface area contributed by atoms with Crippen molar-refractivity contribution < 1.29 is 24.2 Å². The number of anilines is 1. The number of nitrogens with one attached hydrogen (secondary N) is 1. The lowest BCUT2D eigenvalue weighted by molar-refractivity contribution is -0.141. The molecule has 1 saturated carbocycles. The fraction of sp³-hybridized carbons (Fsp3) is 0.421. The number of halogens is 1. The summed E-state index contributed by atoms with van der Waals surface area (Å²) in [6.45, 7) is 0.975. The van der Waals surface area contributed by atoms with E-state index in [-0.39, 0.29) is 30.6 Å². The molecule has 1 aromatic heterocycles. The van der Waals surface area contributed by atoms with Crippen LogP contribution >= 0.6 is 11.6 Å². The molecule has 28 heavy (non-hydrogen) atoms. The second kappa shape index (κ2) is 8.62. The van der Waals surface area contributed by atoms with E-state index in [4.69, 9.17) is 16.3 Å². The monoisotopic (exact) mass is 408 g/mol. The van der Waals surface area contributed by atoms with Crippen molar-refractivity contribution in [3.63, 3.8) is 0 Å². The number of methoxy groups -OCH3 is 1.